The van der Waals surface area contributed by atoms with Crippen molar-refractivity contribution in [1.82, 2.24) is 0 Å². The summed E-state index contributed by atoms with van der Waals surface area (Å²) in [4.78, 5) is 20.8. The van der Waals surface area contributed by atoms with Gasteiger partial charge >= 0.3 is 0 Å². The van der Waals surface area contributed by atoms with Crippen LogP contribution >= 0.6 is 0 Å². The molecule has 0 aliphatic rings. The number of rotatable bonds is 2. The number of carbonyl (C=O) groups excluding carboxylic acids is 2. The molecule has 0 fully saturated rings. The zero-order chi connectivity index (χ0) is 9.26. The lowest BCUT2D eigenvalue weighted by Crippen LogP contribution is -1.75. The van der Waals surface area contributed by atoms with Crippen molar-refractivity contribution in [3.05, 3.63) is 35.6 Å². The summed E-state index contributed by atoms with van der Waals surface area (Å²) in [5, 5.41) is 0.770. The molecule has 13 heavy (non-hydrogen) atoms. The van der Waals surface area contributed by atoms with E-state index >= 15 is 0 Å². The van der Waals surface area contributed by atoms with Crippen molar-refractivity contribution < 1.29 is 14.0 Å². The highest BCUT2D eigenvalue weighted by Gasteiger charge is 2.02. The molecule has 0 unspecified atom stereocenters. The van der Waals surface area contributed by atoms with E-state index in [9.17, 15) is 9.59 Å². The van der Waals surface area contributed by atoms with Crippen LogP contribution in [0.1, 0.15) is 20.9 Å². The second-order valence-corrected chi connectivity index (χ2v) is 2.68. The quantitative estimate of drug-likeness (QED) is 0.654. The second-order valence-electron chi connectivity index (χ2n) is 2.68. The van der Waals surface area contributed by atoms with Gasteiger partial charge in [-0.05, 0) is 24.3 Å². The summed E-state index contributed by atoms with van der Waals surface area (Å²) in [6.07, 6.45) is 1.40. The van der Waals surface area contributed by atoms with Gasteiger partial charge in [0.2, 0.25) is 0 Å². The van der Waals surface area contributed by atoms with E-state index in [0.717, 1.165) is 11.7 Å². The largest absolute Gasteiger partial charge is 0.453 e. The Morgan fingerprint density at radius 3 is 2.62 bits per heavy atom. The highest BCUT2D eigenvalue weighted by Crippen LogP contribution is 2.18. The predicted octanol–water partition coefficient (Wildman–Crippen LogP) is 2.06. The highest BCUT2D eigenvalue weighted by atomic mass is 16.3. The molecule has 1 aromatic heterocycles. The SMILES string of the molecule is O=Cc1ccc2oc(C=O)cc2c1. The molecule has 3 nitrogen and oxygen atoms in total. The van der Waals surface area contributed by atoms with Crippen molar-refractivity contribution in [1.29, 1.82) is 0 Å². The van der Waals surface area contributed by atoms with Crippen LogP contribution in [0.15, 0.2) is 28.7 Å². The van der Waals surface area contributed by atoms with Crippen molar-refractivity contribution in [2.45, 2.75) is 0 Å². The average Bonchev–Trinajstić information content (AvgIpc) is 2.58. The lowest BCUT2D eigenvalue weighted by Gasteiger charge is -1.88. The maximum atomic E-state index is 10.4. The van der Waals surface area contributed by atoms with Gasteiger partial charge in [-0.1, -0.05) is 0 Å². The summed E-state index contributed by atoms with van der Waals surface area (Å²) in [7, 11) is 0. The molecule has 3 heteroatoms. The van der Waals surface area contributed by atoms with Crippen LogP contribution in [0.2, 0.25) is 0 Å². The van der Waals surface area contributed by atoms with Gasteiger partial charge in [0.1, 0.15) is 11.9 Å². The van der Waals surface area contributed by atoms with Crippen LogP contribution in [-0.4, -0.2) is 12.6 Å². The number of fused-ring (bicyclic) bond motifs is 1. The summed E-state index contributed by atoms with van der Waals surface area (Å²) < 4.78 is 5.13. The summed E-state index contributed by atoms with van der Waals surface area (Å²) in [6, 6.07) is 6.60. The highest BCUT2D eigenvalue weighted by molar-refractivity contribution is 5.89. The maximum Gasteiger partial charge on any atom is 0.185 e. The van der Waals surface area contributed by atoms with Crippen LogP contribution in [0.25, 0.3) is 11.0 Å². The number of furan rings is 1. The first-order valence-electron chi connectivity index (χ1n) is 3.77. The topological polar surface area (TPSA) is 47.3 Å². The Kier molecular flexibility index (Phi) is 1.70. The van der Waals surface area contributed by atoms with Gasteiger partial charge in [0.05, 0.1) is 0 Å². The number of hydrogen-bond donors (Lipinski definition) is 0. The molecule has 1 heterocycles. The summed E-state index contributed by atoms with van der Waals surface area (Å²) >= 11 is 0. The minimum Gasteiger partial charge on any atom is -0.453 e. The van der Waals surface area contributed by atoms with E-state index in [4.69, 9.17) is 4.42 Å². The Labute approximate surface area is 74.0 Å². The van der Waals surface area contributed by atoms with Crippen molar-refractivity contribution in [3.8, 4) is 0 Å². The Morgan fingerprint density at radius 1 is 1.08 bits per heavy atom. The van der Waals surface area contributed by atoms with Crippen LogP contribution in [0.4, 0.5) is 0 Å². The number of aldehydes is 2. The molecule has 0 saturated carbocycles. The van der Waals surface area contributed by atoms with E-state index in [-0.39, 0.29) is 5.76 Å². The standard InChI is InChI=1S/C10H6O3/c11-5-7-1-2-10-8(3-7)4-9(6-12)13-10/h1-6H. The molecule has 0 amide bonds. The fraction of sp³-hybridized carbons (Fsp3) is 0. The summed E-state index contributed by atoms with van der Waals surface area (Å²) in [6.45, 7) is 0. The van der Waals surface area contributed by atoms with Crippen LogP contribution in [0.3, 0.4) is 0 Å². The first-order chi connectivity index (χ1) is 6.33. The Balaban J connectivity index is 2.69. The van der Waals surface area contributed by atoms with Gasteiger partial charge in [-0.15, -0.1) is 0 Å². The van der Waals surface area contributed by atoms with Gasteiger partial charge in [-0.2, -0.15) is 0 Å². The molecule has 0 atom stereocenters. The molecule has 0 bridgehead atoms. The van der Waals surface area contributed by atoms with Gasteiger partial charge in [0, 0.05) is 10.9 Å². The number of hydrogen-bond acceptors (Lipinski definition) is 3. The molecule has 2 rings (SSSR count). The third-order valence-corrected chi connectivity index (χ3v) is 1.81. The predicted molar refractivity (Wildman–Crippen MR) is 47.0 cm³/mol. The second kappa shape index (κ2) is 2.86. The maximum absolute atomic E-state index is 10.4. The molecular formula is C10H6O3. The molecule has 0 N–H and O–H groups in total. The van der Waals surface area contributed by atoms with E-state index in [1.807, 2.05) is 0 Å². The van der Waals surface area contributed by atoms with E-state index < -0.39 is 0 Å². The van der Waals surface area contributed by atoms with E-state index in [0.29, 0.717) is 17.4 Å². The third kappa shape index (κ3) is 1.24. The molecule has 0 aliphatic carbocycles. The van der Waals surface area contributed by atoms with Gasteiger partial charge in [0.25, 0.3) is 0 Å². The Bertz CT molecular complexity index is 462. The van der Waals surface area contributed by atoms with Gasteiger partial charge < -0.3 is 4.42 Å². The van der Waals surface area contributed by atoms with Crippen LogP contribution in [-0.2, 0) is 0 Å². The van der Waals surface area contributed by atoms with Gasteiger partial charge in [0.15, 0.2) is 12.0 Å². The molecule has 64 valence electrons. The zero-order valence-corrected chi connectivity index (χ0v) is 6.69. The first kappa shape index (κ1) is 7.73. The van der Waals surface area contributed by atoms with Crippen LogP contribution in [0.5, 0.6) is 0 Å². The van der Waals surface area contributed by atoms with E-state index in [1.54, 1.807) is 24.3 Å². The summed E-state index contributed by atoms with van der Waals surface area (Å²) in [5.41, 5.74) is 1.19. The van der Waals surface area contributed by atoms with Crippen LogP contribution in [0, 0.1) is 0 Å². The fourth-order valence-corrected chi connectivity index (χ4v) is 1.21. The monoisotopic (exact) mass is 174 g/mol. The Hall–Kier alpha value is -1.90. The third-order valence-electron chi connectivity index (χ3n) is 1.81. The average molecular weight is 174 g/mol. The van der Waals surface area contributed by atoms with Crippen molar-refractivity contribution in [2.24, 2.45) is 0 Å². The molecule has 0 saturated heterocycles. The van der Waals surface area contributed by atoms with Crippen molar-refractivity contribution >= 4 is 23.5 Å². The van der Waals surface area contributed by atoms with Crippen molar-refractivity contribution in [2.75, 3.05) is 0 Å². The molecule has 0 radical (unpaired) electrons. The molecule has 0 aliphatic heterocycles. The van der Waals surface area contributed by atoms with E-state index in [1.165, 1.54) is 0 Å². The number of benzene rings is 1. The molecule has 1 aromatic carbocycles. The zero-order valence-electron chi connectivity index (χ0n) is 6.69. The minimum atomic E-state index is 0.276. The van der Waals surface area contributed by atoms with Gasteiger partial charge in [-0.25, -0.2) is 0 Å². The molecular weight excluding hydrogens is 168 g/mol. The normalized spacial score (nSPS) is 10.2. The minimum absolute atomic E-state index is 0.276. The van der Waals surface area contributed by atoms with Gasteiger partial charge in [-0.3, -0.25) is 9.59 Å². The smallest absolute Gasteiger partial charge is 0.185 e. The lowest BCUT2D eigenvalue weighted by atomic mass is 10.2. The Morgan fingerprint density at radius 2 is 1.92 bits per heavy atom. The molecule has 2 aromatic rings. The molecule has 0 spiro atoms. The first-order valence-corrected chi connectivity index (χ1v) is 3.77. The number of carbonyl (C=O) groups is 2. The van der Waals surface area contributed by atoms with Crippen molar-refractivity contribution in [3.63, 3.8) is 0 Å². The lowest BCUT2D eigenvalue weighted by molar-refractivity contribution is 0.110. The van der Waals surface area contributed by atoms with Crippen LogP contribution < -0.4 is 0 Å². The fourth-order valence-electron chi connectivity index (χ4n) is 1.21. The summed E-state index contributed by atoms with van der Waals surface area (Å²) in [5.74, 6) is 0.276. The van der Waals surface area contributed by atoms with E-state index in [2.05, 4.69) is 0 Å².